The molecule has 2 rings (SSSR count). The van der Waals surface area contributed by atoms with Crippen LogP contribution in [0, 0.1) is 5.92 Å². The number of hydrogen-bond donors (Lipinski definition) is 2. The molecule has 0 unspecified atom stereocenters. The first-order valence-corrected chi connectivity index (χ1v) is 9.88. The van der Waals surface area contributed by atoms with Crippen LogP contribution in [-0.4, -0.2) is 58.1 Å². The molecule has 0 saturated carbocycles. The lowest BCUT2D eigenvalue weighted by molar-refractivity contribution is -0.126. The Hall–Kier alpha value is -2.33. The molecule has 0 aliphatic carbocycles. The Morgan fingerprint density at radius 3 is 2.23 bits per heavy atom. The van der Waals surface area contributed by atoms with E-state index < -0.39 is 15.9 Å². The number of nitrogens with zero attached hydrogens (tertiary/aromatic N) is 1. The number of ether oxygens (including phenoxy) is 2. The summed E-state index contributed by atoms with van der Waals surface area (Å²) in [4.78, 5) is 24.3. The molecule has 2 amide bonds. The van der Waals surface area contributed by atoms with Crippen LogP contribution in [0.25, 0.3) is 0 Å². The van der Waals surface area contributed by atoms with Gasteiger partial charge in [0.05, 0.1) is 20.5 Å². The zero-order valence-electron chi connectivity index (χ0n) is 14.9. The minimum Gasteiger partial charge on any atom is -0.493 e. The van der Waals surface area contributed by atoms with Crippen LogP contribution in [0.15, 0.2) is 18.2 Å². The molecule has 2 N–H and O–H groups in total. The fraction of sp³-hybridized carbons (Fsp3) is 0.500. The molecule has 0 bridgehead atoms. The molecule has 1 aliphatic heterocycles. The summed E-state index contributed by atoms with van der Waals surface area (Å²) >= 11 is 0. The van der Waals surface area contributed by atoms with Gasteiger partial charge in [-0.3, -0.25) is 20.4 Å². The van der Waals surface area contributed by atoms with E-state index in [4.69, 9.17) is 9.47 Å². The lowest BCUT2D eigenvalue weighted by Crippen LogP contribution is -2.48. The summed E-state index contributed by atoms with van der Waals surface area (Å²) in [7, 11) is -0.284. The van der Waals surface area contributed by atoms with Crippen LogP contribution in [0.1, 0.15) is 23.2 Å². The number of hydrogen-bond acceptors (Lipinski definition) is 6. The Kier molecular flexibility index (Phi) is 6.43. The van der Waals surface area contributed by atoms with E-state index in [-0.39, 0.29) is 11.8 Å². The molecule has 1 aromatic rings. The average molecular weight is 385 g/mol. The van der Waals surface area contributed by atoms with Crippen molar-refractivity contribution in [2.24, 2.45) is 5.92 Å². The monoisotopic (exact) mass is 385 g/mol. The molecule has 1 aromatic carbocycles. The van der Waals surface area contributed by atoms with Gasteiger partial charge in [-0.15, -0.1) is 0 Å². The summed E-state index contributed by atoms with van der Waals surface area (Å²) in [5, 5.41) is 0. The van der Waals surface area contributed by atoms with Gasteiger partial charge >= 0.3 is 0 Å². The molecule has 0 aromatic heterocycles. The summed E-state index contributed by atoms with van der Waals surface area (Å²) in [6, 6.07) is 4.65. The fourth-order valence-corrected chi connectivity index (χ4v) is 3.59. The lowest BCUT2D eigenvalue weighted by Gasteiger charge is -2.29. The van der Waals surface area contributed by atoms with Gasteiger partial charge < -0.3 is 9.47 Å². The number of methoxy groups -OCH3 is 2. The van der Waals surface area contributed by atoms with Gasteiger partial charge in [0.15, 0.2) is 11.5 Å². The first-order chi connectivity index (χ1) is 12.3. The highest BCUT2D eigenvalue weighted by molar-refractivity contribution is 7.88. The lowest BCUT2D eigenvalue weighted by atomic mass is 9.98. The van der Waals surface area contributed by atoms with Crippen molar-refractivity contribution < 1.29 is 27.5 Å². The van der Waals surface area contributed by atoms with Gasteiger partial charge in [0.1, 0.15) is 0 Å². The van der Waals surface area contributed by atoms with Gasteiger partial charge in [0.25, 0.3) is 5.91 Å². The van der Waals surface area contributed by atoms with Crippen LogP contribution in [0.5, 0.6) is 11.5 Å². The van der Waals surface area contributed by atoms with Crippen molar-refractivity contribution in [2.45, 2.75) is 12.8 Å². The number of nitrogens with one attached hydrogen (secondary N) is 2. The highest BCUT2D eigenvalue weighted by Crippen LogP contribution is 2.27. The van der Waals surface area contributed by atoms with E-state index in [1.165, 1.54) is 24.6 Å². The number of benzene rings is 1. The van der Waals surface area contributed by atoms with Crippen molar-refractivity contribution in [1.82, 2.24) is 15.2 Å². The molecule has 1 fully saturated rings. The van der Waals surface area contributed by atoms with E-state index in [1.54, 1.807) is 12.1 Å². The summed E-state index contributed by atoms with van der Waals surface area (Å²) in [6.45, 7) is 0.584. The highest BCUT2D eigenvalue weighted by Gasteiger charge is 2.29. The number of carbonyl (C=O) groups is 2. The predicted molar refractivity (Wildman–Crippen MR) is 94.3 cm³/mol. The molecule has 0 radical (unpaired) electrons. The molecule has 1 heterocycles. The standard InChI is InChI=1S/C16H23N3O6S/c1-24-13-5-4-12(10-14(13)25-2)16(21)18-17-15(20)11-6-8-19(9-7-11)26(3,22)23/h4-5,10-11H,6-9H2,1-3H3,(H,17,20)(H,18,21). The smallest absolute Gasteiger partial charge is 0.269 e. The Bertz CT molecular complexity index is 772. The largest absolute Gasteiger partial charge is 0.493 e. The fourth-order valence-electron chi connectivity index (χ4n) is 2.72. The van der Waals surface area contributed by atoms with Crippen LogP contribution < -0.4 is 20.3 Å². The second kappa shape index (κ2) is 8.37. The van der Waals surface area contributed by atoms with Gasteiger partial charge in [-0.25, -0.2) is 12.7 Å². The Morgan fingerprint density at radius 2 is 1.69 bits per heavy atom. The number of amides is 2. The Morgan fingerprint density at radius 1 is 1.08 bits per heavy atom. The molecular formula is C16H23N3O6S. The summed E-state index contributed by atoms with van der Waals surface area (Å²) < 4.78 is 34.6. The van der Waals surface area contributed by atoms with Crippen molar-refractivity contribution in [3.8, 4) is 11.5 Å². The van der Waals surface area contributed by atoms with Crippen molar-refractivity contribution in [3.63, 3.8) is 0 Å². The van der Waals surface area contributed by atoms with Crippen LogP contribution in [0.4, 0.5) is 0 Å². The van der Waals surface area contributed by atoms with E-state index in [1.807, 2.05) is 0 Å². The molecular weight excluding hydrogens is 362 g/mol. The third kappa shape index (κ3) is 4.85. The van der Waals surface area contributed by atoms with Crippen LogP contribution in [0.2, 0.25) is 0 Å². The minimum atomic E-state index is -3.24. The topological polar surface area (TPSA) is 114 Å². The van der Waals surface area contributed by atoms with E-state index in [0.717, 1.165) is 6.26 Å². The zero-order valence-corrected chi connectivity index (χ0v) is 15.8. The normalized spacial score (nSPS) is 16.0. The van der Waals surface area contributed by atoms with E-state index in [2.05, 4.69) is 10.9 Å². The number of sulfonamides is 1. The Balaban J connectivity index is 1.89. The van der Waals surface area contributed by atoms with Gasteiger partial charge in [0, 0.05) is 24.6 Å². The SMILES string of the molecule is COc1ccc(C(=O)NNC(=O)C2CCN(S(C)(=O)=O)CC2)cc1OC. The maximum absolute atomic E-state index is 12.2. The molecule has 0 spiro atoms. The third-order valence-corrected chi connectivity index (χ3v) is 5.54. The van der Waals surface area contributed by atoms with E-state index in [0.29, 0.717) is 43.0 Å². The van der Waals surface area contributed by atoms with Gasteiger partial charge in [-0.2, -0.15) is 0 Å². The molecule has 1 saturated heterocycles. The number of rotatable bonds is 5. The number of piperidine rings is 1. The van der Waals surface area contributed by atoms with Gasteiger partial charge in [-0.05, 0) is 31.0 Å². The molecule has 9 nitrogen and oxygen atoms in total. The summed E-state index contributed by atoms with van der Waals surface area (Å²) in [5.74, 6) is -0.288. The number of carbonyl (C=O) groups excluding carboxylic acids is 2. The zero-order chi connectivity index (χ0) is 19.3. The average Bonchev–Trinajstić information content (AvgIpc) is 2.64. The molecule has 1 aliphatic rings. The maximum atomic E-state index is 12.2. The summed E-state index contributed by atoms with van der Waals surface area (Å²) in [6.07, 6.45) is 1.97. The van der Waals surface area contributed by atoms with E-state index in [9.17, 15) is 18.0 Å². The van der Waals surface area contributed by atoms with Crippen LogP contribution in [0.3, 0.4) is 0 Å². The second-order valence-corrected chi connectivity index (χ2v) is 7.93. The third-order valence-electron chi connectivity index (χ3n) is 4.24. The molecule has 144 valence electrons. The van der Waals surface area contributed by atoms with E-state index >= 15 is 0 Å². The Labute approximate surface area is 152 Å². The van der Waals surface area contributed by atoms with Crippen molar-refractivity contribution in [1.29, 1.82) is 0 Å². The van der Waals surface area contributed by atoms with Crippen LogP contribution in [-0.2, 0) is 14.8 Å². The highest BCUT2D eigenvalue weighted by atomic mass is 32.2. The number of hydrazine groups is 1. The molecule has 0 atom stereocenters. The molecule has 26 heavy (non-hydrogen) atoms. The van der Waals surface area contributed by atoms with Crippen molar-refractivity contribution in [3.05, 3.63) is 23.8 Å². The summed E-state index contributed by atoms with van der Waals surface area (Å²) in [5.41, 5.74) is 5.05. The minimum absolute atomic E-state index is 0.292. The van der Waals surface area contributed by atoms with Crippen molar-refractivity contribution >= 4 is 21.8 Å². The van der Waals surface area contributed by atoms with Gasteiger partial charge in [0.2, 0.25) is 15.9 Å². The second-order valence-electron chi connectivity index (χ2n) is 5.95. The molecule has 10 heteroatoms. The van der Waals surface area contributed by atoms with Crippen LogP contribution >= 0.6 is 0 Å². The quantitative estimate of drug-likeness (QED) is 0.697. The first kappa shape index (κ1) is 20.0. The van der Waals surface area contributed by atoms with Crippen molar-refractivity contribution in [2.75, 3.05) is 33.6 Å². The first-order valence-electron chi connectivity index (χ1n) is 8.03. The van der Waals surface area contributed by atoms with Gasteiger partial charge in [-0.1, -0.05) is 0 Å². The maximum Gasteiger partial charge on any atom is 0.269 e. The predicted octanol–water partition coefficient (Wildman–Crippen LogP) is 0.136.